The molecule has 0 amide bonds. The van der Waals surface area contributed by atoms with Gasteiger partial charge < -0.3 is 21.1 Å². The monoisotopic (exact) mass is 279 g/mol. The van der Waals surface area contributed by atoms with Crippen LogP contribution in [0, 0.1) is 0 Å². The maximum Gasteiger partial charge on any atom is 0.0856 e. The predicted octanol–water partition coefficient (Wildman–Crippen LogP) is -3.14. The summed E-state index contributed by atoms with van der Waals surface area (Å²) in [5.74, 6) is 0. The molecule has 0 aliphatic rings. The van der Waals surface area contributed by atoms with E-state index in [9.17, 15) is 0 Å². The van der Waals surface area contributed by atoms with Crippen molar-refractivity contribution in [2.24, 2.45) is 5.73 Å². The van der Waals surface area contributed by atoms with E-state index >= 15 is 0 Å². The predicted molar refractivity (Wildman–Crippen MR) is 51.1 cm³/mol. The van der Waals surface area contributed by atoms with Crippen LogP contribution in [0.1, 0.15) is 13.8 Å². The molecule has 0 fully saturated rings. The van der Waals surface area contributed by atoms with E-state index in [1.165, 1.54) is 0 Å². The summed E-state index contributed by atoms with van der Waals surface area (Å²) in [6.45, 7) is 2.02. The minimum atomic E-state index is -4.66. The summed E-state index contributed by atoms with van der Waals surface area (Å²) < 4.78 is 29.1. The molecule has 0 saturated heterocycles. The van der Waals surface area contributed by atoms with Crippen LogP contribution in [-0.4, -0.2) is 57.8 Å². The Morgan fingerprint density at radius 1 is 1.06 bits per heavy atom. The van der Waals surface area contributed by atoms with E-state index in [1.54, 1.807) is 13.8 Å². The van der Waals surface area contributed by atoms with Crippen LogP contribution in [0.4, 0.5) is 0 Å². The van der Waals surface area contributed by atoms with Crippen molar-refractivity contribution >= 4 is 0 Å². The second kappa shape index (κ2) is 8.48. The normalized spacial score (nSPS) is 12.4. The van der Waals surface area contributed by atoms with Gasteiger partial charge in [0, 0.05) is 0 Å². The summed E-state index contributed by atoms with van der Waals surface area (Å²) in [7, 11) is 0. The molecule has 0 atom stereocenters. The van der Waals surface area contributed by atoms with Gasteiger partial charge in [0.25, 0.3) is 0 Å². The number of aliphatic hydroxyl groups is 3. The average molecular weight is 279 g/mol. The Bertz CT molecular complexity index is 160. The molecule has 0 aromatic carbocycles. The van der Waals surface area contributed by atoms with Crippen LogP contribution in [0.5, 0.6) is 0 Å². The van der Waals surface area contributed by atoms with Gasteiger partial charge in [0.2, 0.25) is 0 Å². The zero-order chi connectivity index (χ0) is 13.4. The molecule has 16 heavy (non-hydrogen) atoms. The Hall–Kier alpha value is 0.394. The topological polar surface area (TPSA) is 157 Å². The zero-order valence-corrected chi connectivity index (χ0v) is 10.9. The van der Waals surface area contributed by atoms with Gasteiger partial charge in [-0.2, -0.15) is 0 Å². The van der Waals surface area contributed by atoms with E-state index < -0.39 is 43.5 Å². The van der Waals surface area contributed by atoms with Gasteiger partial charge in [-0.15, -0.1) is 0 Å². The first-order chi connectivity index (χ1) is 7.10. The Morgan fingerprint density at radius 2 is 1.38 bits per heavy atom. The molecule has 0 rings (SSSR count). The molecule has 100 valence electrons. The van der Waals surface area contributed by atoms with Crippen LogP contribution in [0.2, 0.25) is 0 Å². The molecule has 0 aliphatic carbocycles. The number of hydrogen-bond acceptors (Lipinski definition) is 8. The standard InChI is InChI=1S/C4H11NO3.C3H7O.3H2O.Ti/c5-4(1-6,2-7)3-8;1-3(2)4;;;;/h6-8H,1-3,5H2;3H,1-2H3;3*1H2;/q;-1;;;;+4/p-3. The van der Waals surface area contributed by atoms with E-state index in [0.717, 1.165) is 0 Å². The zero-order valence-electron chi connectivity index (χ0n) is 9.37. The van der Waals surface area contributed by atoms with Gasteiger partial charge in [-0.25, -0.2) is 0 Å². The molecule has 0 saturated carbocycles. The van der Waals surface area contributed by atoms with E-state index in [1.807, 2.05) is 0 Å². The van der Waals surface area contributed by atoms with Crippen LogP contribution in [0.3, 0.4) is 0 Å². The maximum atomic E-state index is 8.34. The fourth-order valence-electron chi connectivity index (χ4n) is 0.466. The molecule has 0 aromatic heterocycles. The molecular formula is C7H21NO7Ti. The minimum Gasteiger partial charge on any atom is -0.394 e. The van der Waals surface area contributed by atoms with Crippen molar-refractivity contribution in [3.63, 3.8) is 0 Å². The fraction of sp³-hybridized carbons (Fsp3) is 1.00. The van der Waals surface area contributed by atoms with Crippen LogP contribution < -0.4 is 5.73 Å². The van der Waals surface area contributed by atoms with Gasteiger partial charge in [0.05, 0.1) is 25.4 Å². The SMILES string of the molecule is CC(C)[O][Ti]([OH])([OH])[OH].NC(CO)(CO)CO. The van der Waals surface area contributed by atoms with Crippen LogP contribution in [-0.2, 0) is 21.5 Å². The smallest absolute Gasteiger partial charge is 0.0856 e. The first-order valence-corrected chi connectivity index (χ1v) is 7.30. The molecule has 0 unspecified atom stereocenters. The summed E-state index contributed by atoms with van der Waals surface area (Å²) in [6.07, 6.45) is -0.324. The molecule has 0 heterocycles. The third kappa shape index (κ3) is 12.5. The first kappa shape index (κ1) is 18.8. The molecular weight excluding hydrogens is 258 g/mol. The van der Waals surface area contributed by atoms with Crippen LogP contribution in [0.15, 0.2) is 0 Å². The fourth-order valence-corrected chi connectivity index (χ4v) is 1.45. The average Bonchev–Trinajstić information content (AvgIpc) is 2.14. The number of rotatable bonds is 5. The number of nitrogens with two attached hydrogens (primary N) is 1. The van der Waals surface area contributed by atoms with Gasteiger partial charge in [-0.1, -0.05) is 0 Å². The maximum absolute atomic E-state index is 8.34. The summed E-state index contributed by atoms with van der Waals surface area (Å²) in [5.41, 5.74) is 3.94. The van der Waals surface area contributed by atoms with E-state index in [4.69, 9.17) is 32.1 Å². The van der Waals surface area contributed by atoms with Gasteiger partial charge in [-0.3, -0.25) is 0 Å². The quantitative estimate of drug-likeness (QED) is 0.260. The van der Waals surface area contributed by atoms with Crippen molar-refractivity contribution < 1.29 is 47.8 Å². The van der Waals surface area contributed by atoms with Crippen LogP contribution in [0.25, 0.3) is 0 Å². The van der Waals surface area contributed by atoms with Crippen molar-refractivity contribution in [2.45, 2.75) is 25.5 Å². The molecule has 0 aromatic rings. The van der Waals surface area contributed by atoms with Gasteiger partial charge in [0.1, 0.15) is 0 Å². The second-order valence-corrected chi connectivity index (χ2v) is 5.74. The van der Waals surface area contributed by atoms with Crippen molar-refractivity contribution in [3.05, 3.63) is 0 Å². The number of aliphatic hydroxyl groups excluding tert-OH is 3. The van der Waals surface area contributed by atoms with Gasteiger partial charge in [-0.05, 0) is 0 Å². The molecule has 9 heteroatoms. The third-order valence-electron chi connectivity index (χ3n) is 1.34. The van der Waals surface area contributed by atoms with Crippen molar-refractivity contribution in [3.8, 4) is 0 Å². The van der Waals surface area contributed by atoms with Crippen molar-refractivity contribution in [2.75, 3.05) is 19.8 Å². The largest absolute Gasteiger partial charge is 0.394 e. The van der Waals surface area contributed by atoms with E-state index in [0.29, 0.717) is 0 Å². The Balaban J connectivity index is 0. The minimum absolute atomic E-state index is 0.324. The van der Waals surface area contributed by atoms with E-state index in [-0.39, 0.29) is 6.10 Å². The van der Waals surface area contributed by atoms with Crippen molar-refractivity contribution in [1.82, 2.24) is 0 Å². The third-order valence-corrected chi connectivity index (χ3v) is 2.57. The van der Waals surface area contributed by atoms with E-state index in [2.05, 4.69) is 3.32 Å². The molecule has 0 radical (unpaired) electrons. The molecule has 0 aliphatic heterocycles. The number of hydrogen-bond donors (Lipinski definition) is 7. The van der Waals surface area contributed by atoms with Gasteiger partial charge >= 0.3 is 52.5 Å². The molecule has 8 nitrogen and oxygen atoms in total. The summed E-state index contributed by atoms with van der Waals surface area (Å²) in [5, 5.41) is 25.0. The summed E-state index contributed by atoms with van der Waals surface area (Å²) in [4.78, 5) is 0. The van der Waals surface area contributed by atoms with Crippen LogP contribution >= 0.6 is 0 Å². The second-order valence-electron chi connectivity index (χ2n) is 3.58. The molecule has 0 bridgehead atoms. The summed E-state index contributed by atoms with van der Waals surface area (Å²) in [6, 6.07) is 0. The van der Waals surface area contributed by atoms with Gasteiger partial charge in [0.15, 0.2) is 0 Å². The molecule has 8 N–H and O–H groups in total. The molecule has 0 spiro atoms. The Kier molecular flexibility index (Phi) is 9.94. The Morgan fingerprint density at radius 3 is 1.38 bits per heavy atom. The summed E-state index contributed by atoms with van der Waals surface area (Å²) >= 11 is -4.66. The van der Waals surface area contributed by atoms with Crippen molar-refractivity contribution in [1.29, 1.82) is 0 Å². The first-order valence-electron chi connectivity index (χ1n) is 4.56. The Labute approximate surface area is 99.2 Å².